The van der Waals surface area contributed by atoms with Crippen molar-refractivity contribution in [2.24, 2.45) is 0 Å². The molecule has 4 N–H and O–H groups in total. The van der Waals surface area contributed by atoms with Crippen molar-refractivity contribution >= 4 is 11.8 Å². The SMILES string of the molecule is O=C(NO)c1ccc2c(c1)CC(NC(=O)c1cc(-c3cn[nH]c3)cc(C(F)(F)F)c1)CC2. The molecule has 2 aromatic carbocycles. The minimum Gasteiger partial charge on any atom is -0.349 e. The van der Waals surface area contributed by atoms with Crippen LogP contribution in [0.4, 0.5) is 13.2 Å². The molecule has 2 amide bonds. The van der Waals surface area contributed by atoms with Gasteiger partial charge in [-0.15, -0.1) is 0 Å². The third-order valence-electron chi connectivity index (χ3n) is 5.49. The van der Waals surface area contributed by atoms with Crippen LogP contribution >= 0.6 is 0 Å². The van der Waals surface area contributed by atoms with Crippen LogP contribution < -0.4 is 10.8 Å². The Hall–Kier alpha value is -3.66. The Balaban J connectivity index is 1.57. The zero-order valence-corrected chi connectivity index (χ0v) is 16.7. The predicted octanol–water partition coefficient (Wildman–Crippen LogP) is 3.50. The largest absolute Gasteiger partial charge is 0.416 e. The summed E-state index contributed by atoms with van der Waals surface area (Å²) in [5.74, 6) is -1.26. The van der Waals surface area contributed by atoms with E-state index in [1.807, 2.05) is 0 Å². The van der Waals surface area contributed by atoms with Crippen molar-refractivity contribution in [3.8, 4) is 11.1 Å². The van der Waals surface area contributed by atoms with E-state index in [0.29, 0.717) is 24.8 Å². The second kappa shape index (κ2) is 8.46. The van der Waals surface area contributed by atoms with Crippen molar-refractivity contribution in [2.45, 2.75) is 31.5 Å². The number of carbonyl (C=O) groups excluding carboxylic acids is 2. The summed E-state index contributed by atoms with van der Waals surface area (Å²) in [6.07, 6.45) is -0.101. The van der Waals surface area contributed by atoms with Crippen molar-refractivity contribution in [1.82, 2.24) is 21.0 Å². The Kier molecular flexibility index (Phi) is 5.70. The lowest BCUT2D eigenvalue weighted by Crippen LogP contribution is -2.39. The van der Waals surface area contributed by atoms with Gasteiger partial charge in [0.25, 0.3) is 11.8 Å². The van der Waals surface area contributed by atoms with E-state index in [2.05, 4.69) is 15.5 Å². The van der Waals surface area contributed by atoms with Gasteiger partial charge in [-0.2, -0.15) is 18.3 Å². The van der Waals surface area contributed by atoms with Gasteiger partial charge in [-0.1, -0.05) is 6.07 Å². The third kappa shape index (κ3) is 4.50. The lowest BCUT2D eigenvalue weighted by Gasteiger charge is -2.26. The second-order valence-corrected chi connectivity index (χ2v) is 7.62. The number of aromatic amines is 1. The summed E-state index contributed by atoms with van der Waals surface area (Å²) in [7, 11) is 0. The van der Waals surface area contributed by atoms with Crippen molar-refractivity contribution < 1.29 is 28.0 Å². The Labute approximate surface area is 180 Å². The summed E-state index contributed by atoms with van der Waals surface area (Å²) in [4.78, 5) is 24.5. The molecule has 0 saturated carbocycles. The molecule has 0 spiro atoms. The van der Waals surface area contributed by atoms with Gasteiger partial charge in [-0.3, -0.25) is 19.9 Å². The number of alkyl halides is 3. The number of aromatic nitrogens is 2. The third-order valence-corrected chi connectivity index (χ3v) is 5.49. The quantitative estimate of drug-likeness (QED) is 0.365. The fourth-order valence-electron chi connectivity index (χ4n) is 3.85. The van der Waals surface area contributed by atoms with Gasteiger partial charge in [-0.25, -0.2) is 5.48 Å². The smallest absolute Gasteiger partial charge is 0.349 e. The Morgan fingerprint density at radius 1 is 1.03 bits per heavy atom. The first-order valence-corrected chi connectivity index (χ1v) is 9.83. The monoisotopic (exact) mass is 444 g/mol. The first-order chi connectivity index (χ1) is 15.2. The fourth-order valence-corrected chi connectivity index (χ4v) is 3.85. The zero-order chi connectivity index (χ0) is 22.9. The van der Waals surface area contributed by atoms with E-state index < -0.39 is 23.6 Å². The Morgan fingerprint density at radius 3 is 2.53 bits per heavy atom. The topological polar surface area (TPSA) is 107 Å². The van der Waals surface area contributed by atoms with E-state index in [9.17, 15) is 22.8 Å². The van der Waals surface area contributed by atoms with Crippen LogP contribution in [0.5, 0.6) is 0 Å². The summed E-state index contributed by atoms with van der Waals surface area (Å²) in [5, 5.41) is 17.9. The van der Waals surface area contributed by atoms with E-state index >= 15 is 0 Å². The maximum atomic E-state index is 13.4. The normalized spacial score (nSPS) is 15.7. The van der Waals surface area contributed by atoms with Crippen molar-refractivity contribution in [3.63, 3.8) is 0 Å². The van der Waals surface area contributed by atoms with E-state index in [-0.39, 0.29) is 22.7 Å². The molecule has 0 radical (unpaired) electrons. The van der Waals surface area contributed by atoms with E-state index in [0.717, 1.165) is 23.3 Å². The maximum Gasteiger partial charge on any atom is 0.416 e. The molecule has 4 rings (SSSR count). The molecule has 0 bridgehead atoms. The Morgan fingerprint density at radius 2 is 1.84 bits per heavy atom. The molecule has 1 heterocycles. The minimum absolute atomic E-state index is 0.102. The number of amides is 2. The molecule has 1 unspecified atom stereocenters. The van der Waals surface area contributed by atoms with Crippen molar-refractivity contribution in [1.29, 1.82) is 0 Å². The van der Waals surface area contributed by atoms with Gasteiger partial charge in [0.2, 0.25) is 0 Å². The van der Waals surface area contributed by atoms with E-state index in [1.165, 1.54) is 18.5 Å². The summed E-state index contributed by atoms with van der Waals surface area (Å²) in [6, 6.07) is 7.93. The highest BCUT2D eigenvalue weighted by molar-refractivity contribution is 5.96. The standard InChI is InChI=1S/C22H19F3N4O3/c23-22(24,25)18-7-14(17-10-26-27-11-17)6-16(8-18)20(30)28-19-4-3-12-1-2-13(21(31)29-32)5-15(12)9-19/h1-2,5-8,10-11,19,32H,3-4,9H2,(H,26,27)(H,28,30)(H,29,31). The van der Waals surface area contributed by atoms with Crippen LogP contribution in [0, 0.1) is 0 Å². The second-order valence-electron chi connectivity index (χ2n) is 7.62. The molecule has 166 valence electrons. The van der Waals surface area contributed by atoms with Gasteiger partial charge in [0, 0.05) is 28.9 Å². The van der Waals surface area contributed by atoms with Gasteiger partial charge in [0.05, 0.1) is 11.8 Å². The summed E-state index contributed by atoms with van der Waals surface area (Å²) in [6.45, 7) is 0. The van der Waals surface area contributed by atoms with Crippen LogP contribution in [0.15, 0.2) is 48.8 Å². The molecule has 1 aliphatic rings. The van der Waals surface area contributed by atoms with Crippen LogP contribution in [0.2, 0.25) is 0 Å². The molecule has 10 heteroatoms. The van der Waals surface area contributed by atoms with E-state index in [1.54, 1.807) is 23.7 Å². The molecule has 1 aromatic heterocycles. The average Bonchev–Trinajstić information content (AvgIpc) is 3.32. The maximum absolute atomic E-state index is 13.4. The van der Waals surface area contributed by atoms with Crippen molar-refractivity contribution in [3.05, 3.63) is 76.6 Å². The molecular formula is C22H19F3N4O3. The number of hydrogen-bond acceptors (Lipinski definition) is 4. The summed E-state index contributed by atoms with van der Waals surface area (Å²) >= 11 is 0. The molecule has 0 saturated heterocycles. The Bertz CT molecular complexity index is 1160. The number of aryl methyl sites for hydroxylation is 1. The first kappa shape index (κ1) is 21.6. The number of benzene rings is 2. The van der Waals surface area contributed by atoms with Gasteiger partial charge in [-0.05, 0) is 66.3 Å². The highest BCUT2D eigenvalue weighted by atomic mass is 19.4. The van der Waals surface area contributed by atoms with Crippen LogP contribution in [-0.4, -0.2) is 33.3 Å². The number of nitrogens with one attached hydrogen (secondary N) is 3. The van der Waals surface area contributed by atoms with Crippen LogP contribution in [0.1, 0.15) is 43.8 Å². The van der Waals surface area contributed by atoms with Crippen molar-refractivity contribution in [2.75, 3.05) is 0 Å². The lowest BCUT2D eigenvalue weighted by molar-refractivity contribution is -0.137. The zero-order valence-electron chi connectivity index (χ0n) is 16.7. The van der Waals surface area contributed by atoms with Gasteiger partial charge in [0.1, 0.15) is 0 Å². The fraction of sp³-hybridized carbons (Fsp3) is 0.227. The molecular weight excluding hydrogens is 425 g/mol. The van der Waals surface area contributed by atoms with E-state index in [4.69, 9.17) is 5.21 Å². The van der Waals surface area contributed by atoms with Gasteiger partial charge >= 0.3 is 6.18 Å². The number of hydrogen-bond donors (Lipinski definition) is 4. The van der Waals surface area contributed by atoms with Crippen LogP contribution in [-0.2, 0) is 19.0 Å². The van der Waals surface area contributed by atoms with Crippen LogP contribution in [0.3, 0.4) is 0 Å². The predicted molar refractivity (Wildman–Crippen MR) is 108 cm³/mol. The first-order valence-electron chi connectivity index (χ1n) is 9.83. The minimum atomic E-state index is -4.61. The average molecular weight is 444 g/mol. The molecule has 32 heavy (non-hydrogen) atoms. The summed E-state index contributed by atoms with van der Waals surface area (Å²) < 4.78 is 40.2. The number of hydroxylamine groups is 1. The lowest BCUT2D eigenvalue weighted by atomic mass is 9.87. The van der Waals surface area contributed by atoms with Crippen LogP contribution in [0.25, 0.3) is 11.1 Å². The van der Waals surface area contributed by atoms with Gasteiger partial charge < -0.3 is 5.32 Å². The molecule has 1 aliphatic carbocycles. The number of halogens is 3. The number of rotatable bonds is 4. The molecule has 7 nitrogen and oxygen atoms in total. The molecule has 1 atom stereocenters. The highest BCUT2D eigenvalue weighted by Crippen LogP contribution is 2.33. The number of H-pyrrole nitrogens is 1. The number of fused-ring (bicyclic) bond motifs is 1. The molecule has 0 aliphatic heterocycles. The number of nitrogens with zero attached hydrogens (tertiary/aromatic N) is 1. The van der Waals surface area contributed by atoms with Gasteiger partial charge in [0.15, 0.2) is 0 Å². The number of carbonyl (C=O) groups is 2. The molecule has 0 fully saturated rings. The highest BCUT2D eigenvalue weighted by Gasteiger charge is 2.32. The summed E-state index contributed by atoms with van der Waals surface area (Å²) in [5.41, 5.74) is 3.36. The molecule has 3 aromatic rings.